The van der Waals surface area contributed by atoms with Gasteiger partial charge in [-0.3, -0.25) is 14.4 Å². The van der Waals surface area contributed by atoms with Crippen molar-refractivity contribution in [2.24, 2.45) is 0 Å². The van der Waals surface area contributed by atoms with Crippen LogP contribution in [-0.2, 0) is 14.4 Å². The van der Waals surface area contributed by atoms with Crippen LogP contribution in [0.15, 0.2) is 0 Å². The minimum Gasteiger partial charge on any atom is -0.481 e. The first kappa shape index (κ1) is 13.5. The molecule has 0 aliphatic carbocycles. The second-order valence-electron chi connectivity index (χ2n) is 4.25. The SMILES string of the molecule is CCCC(CC(=O)O)NC(=O)[C@H]1CCC(=O)N1. The monoisotopic (exact) mass is 242 g/mol. The summed E-state index contributed by atoms with van der Waals surface area (Å²) in [7, 11) is 0. The summed E-state index contributed by atoms with van der Waals surface area (Å²) in [4.78, 5) is 33.3. The van der Waals surface area contributed by atoms with E-state index < -0.39 is 12.0 Å². The Kier molecular flexibility index (Phi) is 4.93. The second-order valence-corrected chi connectivity index (χ2v) is 4.25. The van der Waals surface area contributed by atoms with Gasteiger partial charge in [-0.1, -0.05) is 13.3 Å². The number of hydrogen-bond acceptors (Lipinski definition) is 3. The fourth-order valence-corrected chi connectivity index (χ4v) is 1.90. The fraction of sp³-hybridized carbons (Fsp3) is 0.727. The molecule has 0 aromatic rings. The van der Waals surface area contributed by atoms with Gasteiger partial charge in [-0.25, -0.2) is 0 Å². The first-order valence-corrected chi connectivity index (χ1v) is 5.84. The van der Waals surface area contributed by atoms with Crippen LogP contribution in [0, 0.1) is 0 Å². The van der Waals surface area contributed by atoms with Gasteiger partial charge in [-0.2, -0.15) is 0 Å². The van der Waals surface area contributed by atoms with Crippen molar-refractivity contribution in [1.29, 1.82) is 0 Å². The fourth-order valence-electron chi connectivity index (χ4n) is 1.90. The molecule has 2 atom stereocenters. The Bertz CT molecular complexity index is 317. The van der Waals surface area contributed by atoms with Gasteiger partial charge in [0.15, 0.2) is 0 Å². The molecule has 1 fully saturated rings. The number of amides is 2. The maximum Gasteiger partial charge on any atom is 0.305 e. The Morgan fingerprint density at radius 2 is 2.29 bits per heavy atom. The number of hydrogen-bond donors (Lipinski definition) is 3. The van der Waals surface area contributed by atoms with E-state index in [9.17, 15) is 14.4 Å². The molecule has 1 unspecified atom stereocenters. The van der Waals surface area contributed by atoms with E-state index in [4.69, 9.17) is 5.11 Å². The molecule has 6 nitrogen and oxygen atoms in total. The zero-order valence-electron chi connectivity index (χ0n) is 9.86. The molecule has 1 heterocycles. The van der Waals surface area contributed by atoms with Gasteiger partial charge < -0.3 is 15.7 Å². The van der Waals surface area contributed by atoms with Gasteiger partial charge in [0.2, 0.25) is 11.8 Å². The third-order valence-electron chi connectivity index (χ3n) is 2.72. The molecule has 0 aromatic carbocycles. The van der Waals surface area contributed by atoms with E-state index in [2.05, 4.69) is 10.6 Å². The summed E-state index contributed by atoms with van der Waals surface area (Å²) in [5.41, 5.74) is 0. The summed E-state index contributed by atoms with van der Waals surface area (Å²) in [6.07, 6.45) is 2.18. The van der Waals surface area contributed by atoms with Crippen LogP contribution in [0.1, 0.15) is 39.0 Å². The highest BCUT2D eigenvalue weighted by molar-refractivity contribution is 5.91. The minimum absolute atomic E-state index is 0.0831. The molecule has 17 heavy (non-hydrogen) atoms. The van der Waals surface area contributed by atoms with Crippen molar-refractivity contribution in [3.05, 3.63) is 0 Å². The Morgan fingerprint density at radius 1 is 1.59 bits per heavy atom. The largest absolute Gasteiger partial charge is 0.481 e. The maximum atomic E-state index is 11.7. The predicted molar refractivity (Wildman–Crippen MR) is 60.3 cm³/mol. The molecule has 3 N–H and O–H groups in total. The van der Waals surface area contributed by atoms with Crippen molar-refractivity contribution in [3.63, 3.8) is 0 Å². The summed E-state index contributed by atoms with van der Waals surface area (Å²) in [6.45, 7) is 1.93. The molecule has 0 spiro atoms. The van der Waals surface area contributed by atoms with E-state index in [0.29, 0.717) is 19.3 Å². The predicted octanol–water partition coefficient (Wildman–Crippen LogP) is 0.0246. The molecule has 0 bridgehead atoms. The van der Waals surface area contributed by atoms with E-state index in [0.717, 1.165) is 6.42 Å². The number of rotatable bonds is 6. The molecule has 1 saturated heterocycles. The van der Waals surface area contributed by atoms with Crippen LogP contribution < -0.4 is 10.6 Å². The van der Waals surface area contributed by atoms with Gasteiger partial charge in [0, 0.05) is 12.5 Å². The van der Waals surface area contributed by atoms with Crippen LogP contribution in [0.25, 0.3) is 0 Å². The van der Waals surface area contributed by atoms with Gasteiger partial charge in [0.1, 0.15) is 6.04 Å². The Balaban J connectivity index is 2.45. The second kappa shape index (κ2) is 6.22. The summed E-state index contributed by atoms with van der Waals surface area (Å²) >= 11 is 0. The summed E-state index contributed by atoms with van der Waals surface area (Å²) < 4.78 is 0. The highest BCUT2D eigenvalue weighted by Gasteiger charge is 2.28. The Morgan fingerprint density at radius 3 is 2.76 bits per heavy atom. The lowest BCUT2D eigenvalue weighted by Gasteiger charge is -2.18. The van der Waals surface area contributed by atoms with Crippen LogP contribution in [0.5, 0.6) is 0 Å². The van der Waals surface area contributed by atoms with Gasteiger partial charge in [-0.15, -0.1) is 0 Å². The van der Waals surface area contributed by atoms with E-state index >= 15 is 0 Å². The molecular weight excluding hydrogens is 224 g/mol. The average Bonchev–Trinajstić information content (AvgIpc) is 2.64. The van der Waals surface area contributed by atoms with Crippen molar-refractivity contribution >= 4 is 17.8 Å². The lowest BCUT2D eigenvalue weighted by molar-refractivity contribution is -0.138. The molecule has 1 aliphatic heterocycles. The zero-order valence-corrected chi connectivity index (χ0v) is 9.86. The highest BCUT2D eigenvalue weighted by Crippen LogP contribution is 2.08. The smallest absolute Gasteiger partial charge is 0.305 e. The molecule has 0 saturated carbocycles. The normalized spacial score (nSPS) is 20.8. The molecule has 0 aromatic heterocycles. The van der Waals surface area contributed by atoms with Gasteiger partial charge in [0.05, 0.1) is 6.42 Å². The molecular formula is C11H18N2O4. The minimum atomic E-state index is -0.931. The van der Waals surface area contributed by atoms with Gasteiger partial charge in [-0.05, 0) is 12.8 Å². The lowest BCUT2D eigenvalue weighted by Crippen LogP contribution is -2.46. The number of carboxylic acids is 1. The molecule has 1 aliphatic rings. The van der Waals surface area contributed by atoms with Crippen molar-refractivity contribution in [1.82, 2.24) is 10.6 Å². The van der Waals surface area contributed by atoms with Crippen LogP contribution >= 0.6 is 0 Å². The maximum absolute atomic E-state index is 11.7. The van der Waals surface area contributed by atoms with Crippen LogP contribution in [-0.4, -0.2) is 35.0 Å². The molecule has 0 radical (unpaired) electrons. The summed E-state index contributed by atoms with van der Waals surface area (Å²) in [6, 6.07) is -0.863. The quantitative estimate of drug-likeness (QED) is 0.612. The van der Waals surface area contributed by atoms with Crippen molar-refractivity contribution < 1.29 is 19.5 Å². The molecule has 6 heteroatoms. The topological polar surface area (TPSA) is 95.5 Å². The van der Waals surface area contributed by atoms with Crippen molar-refractivity contribution in [2.45, 2.75) is 51.1 Å². The number of carboxylic acid groups (broad SMARTS) is 1. The first-order valence-electron chi connectivity index (χ1n) is 5.84. The number of carbonyl (C=O) groups is 3. The van der Waals surface area contributed by atoms with Crippen molar-refractivity contribution in [2.75, 3.05) is 0 Å². The van der Waals surface area contributed by atoms with Crippen LogP contribution in [0.4, 0.5) is 0 Å². The van der Waals surface area contributed by atoms with E-state index in [1.807, 2.05) is 6.92 Å². The molecule has 96 valence electrons. The Labute approximate surface area is 99.8 Å². The number of carbonyl (C=O) groups excluding carboxylic acids is 2. The zero-order chi connectivity index (χ0) is 12.8. The van der Waals surface area contributed by atoms with Gasteiger partial charge >= 0.3 is 5.97 Å². The standard InChI is InChI=1S/C11H18N2O4/c1-2-3-7(6-10(15)16)12-11(17)8-4-5-9(14)13-8/h7-8H,2-6H2,1H3,(H,12,17)(H,13,14)(H,15,16)/t7?,8-/m1/s1. The summed E-state index contributed by atoms with van der Waals surface area (Å²) in [5.74, 6) is -1.34. The van der Waals surface area contributed by atoms with E-state index in [-0.39, 0.29) is 24.3 Å². The Hall–Kier alpha value is -1.59. The van der Waals surface area contributed by atoms with Crippen LogP contribution in [0.3, 0.4) is 0 Å². The first-order chi connectivity index (χ1) is 8.02. The average molecular weight is 242 g/mol. The number of aliphatic carboxylic acids is 1. The summed E-state index contributed by atoms with van der Waals surface area (Å²) in [5, 5.41) is 13.9. The third-order valence-corrected chi connectivity index (χ3v) is 2.72. The third kappa shape index (κ3) is 4.42. The van der Waals surface area contributed by atoms with Crippen LogP contribution in [0.2, 0.25) is 0 Å². The van der Waals surface area contributed by atoms with E-state index in [1.54, 1.807) is 0 Å². The highest BCUT2D eigenvalue weighted by atomic mass is 16.4. The van der Waals surface area contributed by atoms with E-state index in [1.165, 1.54) is 0 Å². The molecule has 2 amide bonds. The van der Waals surface area contributed by atoms with Crippen molar-refractivity contribution in [3.8, 4) is 0 Å². The lowest BCUT2D eigenvalue weighted by atomic mass is 10.1. The number of nitrogens with one attached hydrogen (secondary N) is 2. The molecule has 1 rings (SSSR count). The van der Waals surface area contributed by atoms with Gasteiger partial charge in [0.25, 0.3) is 0 Å².